The SMILES string of the molecule is CCNC(=O)Nc1cc2c(-c3ccc(CO)nc3)ccc(C)c2cn1. The maximum Gasteiger partial charge on any atom is 0.320 e. The van der Waals surface area contributed by atoms with Crippen molar-refractivity contribution < 1.29 is 9.90 Å². The molecule has 0 radical (unpaired) electrons. The quantitative estimate of drug-likeness (QED) is 0.682. The molecule has 0 aliphatic heterocycles. The number of carbonyl (C=O) groups excluding carboxylic acids is 1. The third-order valence-corrected chi connectivity index (χ3v) is 4.00. The molecular weight excluding hydrogens is 316 g/mol. The number of amides is 2. The zero-order chi connectivity index (χ0) is 17.8. The van der Waals surface area contributed by atoms with E-state index in [9.17, 15) is 4.79 Å². The second kappa shape index (κ2) is 7.27. The van der Waals surface area contributed by atoms with Gasteiger partial charge in [-0.05, 0) is 42.5 Å². The van der Waals surface area contributed by atoms with Gasteiger partial charge < -0.3 is 10.4 Å². The van der Waals surface area contributed by atoms with Gasteiger partial charge in [0.1, 0.15) is 5.82 Å². The molecule has 0 spiro atoms. The molecule has 3 N–H and O–H groups in total. The van der Waals surface area contributed by atoms with Gasteiger partial charge in [0.25, 0.3) is 0 Å². The summed E-state index contributed by atoms with van der Waals surface area (Å²) >= 11 is 0. The first kappa shape index (κ1) is 16.9. The van der Waals surface area contributed by atoms with Crippen LogP contribution in [0, 0.1) is 6.92 Å². The number of rotatable bonds is 4. The minimum Gasteiger partial charge on any atom is -0.390 e. The van der Waals surface area contributed by atoms with E-state index in [-0.39, 0.29) is 12.6 Å². The van der Waals surface area contributed by atoms with Gasteiger partial charge in [-0.15, -0.1) is 0 Å². The molecule has 6 nitrogen and oxygen atoms in total. The van der Waals surface area contributed by atoms with E-state index in [1.165, 1.54) is 0 Å². The Morgan fingerprint density at radius 2 is 1.96 bits per heavy atom. The van der Waals surface area contributed by atoms with Crippen LogP contribution in [0.1, 0.15) is 18.2 Å². The Hall–Kier alpha value is -2.99. The van der Waals surface area contributed by atoms with Crippen LogP contribution in [0.15, 0.2) is 42.7 Å². The molecule has 2 heterocycles. The van der Waals surface area contributed by atoms with Crippen molar-refractivity contribution >= 4 is 22.6 Å². The Morgan fingerprint density at radius 3 is 2.64 bits per heavy atom. The molecule has 2 aromatic heterocycles. The molecule has 0 unspecified atom stereocenters. The number of hydrogen-bond acceptors (Lipinski definition) is 4. The van der Waals surface area contributed by atoms with E-state index >= 15 is 0 Å². The molecule has 1 aromatic carbocycles. The smallest absolute Gasteiger partial charge is 0.320 e. The summed E-state index contributed by atoms with van der Waals surface area (Å²) in [5, 5.41) is 16.6. The summed E-state index contributed by atoms with van der Waals surface area (Å²) in [6, 6.07) is 9.39. The number of pyridine rings is 2. The van der Waals surface area contributed by atoms with Gasteiger partial charge in [-0.1, -0.05) is 18.2 Å². The minimum absolute atomic E-state index is 0.0839. The van der Waals surface area contributed by atoms with E-state index < -0.39 is 0 Å². The molecule has 0 fully saturated rings. The molecule has 0 saturated heterocycles. The fourth-order valence-corrected chi connectivity index (χ4v) is 2.70. The Morgan fingerprint density at radius 1 is 1.12 bits per heavy atom. The fourth-order valence-electron chi connectivity index (χ4n) is 2.70. The van der Waals surface area contributed by atoms with Crippen LogP contribution < -0.4 is 10.6 Å². The fraction of sp³-hybridized carbons (Fsp3) is 0.211. The predicted octanol–water partition coefficient (Wildman–Crippen LogP) is 3.24. The molecule has 3 rings (SSSR count). The summed E-state index contributed by atoms with van der Waals surface area (Å²) in [4.78, 5) is 20.3. The number of anilines is 1. The number of nitrogens with zero attached hydrogens (tertiary/aromatic N) is 2. The number of carbonyl (C=O) groups is 1. The van der Waals surface area contributed by atoms with Gasteiger partial charge >= 0.3 is 6.03 Å². The monoisotopic (exact) mass is 336 g/mol. The Balaban J connectivity index is 2.07. The number of fused-ring (bicyclic) bond motifs is 1. The third-order valence-electron chi connectivity index (χ3n) is 4.00. The van der Waals surface area contributed by atoms with E-state index in [0.717, 1.165) is 27.5 Å². The first-order valence-electron chi connectivity index (χ1n) is 8.12. The van der Waals surface area contributed by atoms with E-state index in [4.69, 9.17) is 5.11 Å². The van der Waals surface area contributed by atoms with E-state index in [1.807, 2.05) is 38.1 Å². The molecule has 128 valence electrons. The number of hydrogen-bond donors (Lipinski definition) is 3. The van der Waals surface area contributed by atoms with Crippen LogP contribution in [0.4, 0.5) is 10.6 Å². The van der Waals surface area contributed by atoms with E-state index in [0.29, 0.717) is 18.1 Å². The second-order valence-corrected chi connectivity index (χ2v) is 5.73. The number of aliphatic hydroxyl groups excluding tert-OH is 1. The third kappa shape index (κ3) is 3.59. The van der Waals surface area contributed by atoms with Gasteiger partial charge in [0.05, 0.1) is 12.3 Å². The van der Waals surface area contributed by atoms with Crippen LogP contribution in [0.25, 0.3) is 21.9 Å². The van der Waals surface area contributed by atoms with Crippen molar-refractivity contribution in [1.82, 2.24) is 15.3 Å². The normalized spacial score (nSPS) is 10.7. The highest BCUT2D eigenvalue weighted by Crippen LogP contribution is 2.31. The molecule has 3 aromatic rings. The lowest BCUT2D eigenvalue weighted by Gasteiger charge is -2.12. The van der Waals surface area contributed by atoms with Crippen LogP contribution in [-0.2, 0) is 6.61 Å². The van der Waals surface area contributed by atoms with Gasteiger partial charge in [-0.3, -0.25) is 10.3 Å². The lowest BCUT2D eigenvalue weighted by molar-refractivity contribution is 0.252. The second-order valence-electron chi connectivity index (χ2n) is 5.73. The van der Waals surface area contributed by atoms with Crippen molar-refractivity contribution in [2.45, 2.75) is 20.5 Å². The maximum absolute atomic E-state index is 11.7. The Labute approximate surface area is 145 Å². The van der Waals surface area contributed by atoms with Crippen LogP contribution in [-0.4, -0.2) is 27.7 Å². The molecule has 0 aliphatic carbocycles. The predicted molar refractivity (Wildman–Crippen MR) is 98.3 cm³/mol. The summed E-state index contributed by atoms with van der Waals surface area (Å²) in [6.07, 6.45) is 3.51. The Bertz CT molecular complexity index is 907. The Kier molecular flexibility index (Phi) is 4.90. The summed E-state index contributed by atoms with van der Waals surface area (Å²) < 4.78 is 0. The molecule has 0 atom stereocenters. The zero-order valence-corrected chi connectivity index (χ0v) is 14.2. The number of aliphatic hydroxyl groups is 1. The van der Waals surface area contributed by atoms with Crippen LogP contribution in [0.5, 0.6) is 0 Å². The number of benzene rings is 1. The van der Waals surface area contributed by atoms with Crippen molar-refractivity contribution in [3.8, 4) is 11.1 Å². The summed E-state index contributed by atoms with van der Waals surface area (Å²) in [5.74, 6) is 0.491. The number of aryl methyl sites for hydroxylation is 1. The minimum atomic E-state index is -0.280. The van der Waals surface area contributed by atoms with Crippen LogP contribution in [0.3, 0.4) is 0 Å². The lowest BCUT2D eigenvalue weighted by Crippen LogP contribution is -2.28. The van der Waals surface area contributed by atoms with Crippen LogP contribution >= 0.6 is 0 Å². The highest BCUT2D eigenvalue weighted by atomic mass is 16.3. The van der Waals surface area contributed by atoms with Gasteiger partial charge in [0.2, 0.25) is 0 Å². The average Bonchev–Trinajstić information content (AvgIpc) is 2.62. The van der Waals surface area contributed by atoms with Gasteiger partial charge in [0.15, 0.2) is 0 Å². The lowest BCUT2D eigenvalue weighted by atomic mass is 9.97. The van der Waals surface area contributed by atoms with Crippen LogP contribution in [0.2, 0.25) is 0 Å². The average molecular weight is 336 g/mol. The molecule has 0 saturated carbocycles. The molecule has 0 bridgehead atoms. The van der Waals surface area contributed by atoms with Crippen molar-refractivity contribution in [2.75, 3.05) is 11.9 Å². The topological polar surface area (TPSA) is 87.1 Å². The van der Waals surface area contributed by atoms with Crippen molar-refractivity contribution in [2.24, 2.45) is 0 Å². The molecule has 2 amide bonds. The number of aromatic nitrogens is 2. The standard InChI is InChI=1S/C19H20N4O2/c1-3-20-19(25)23-18-8-16-15(7-4-12(2)17(16)10-22-18)13-5-6-14(11-24)21-9-13/h4-10,24H,3,11H2,1-2H3,(H2,20,22,23,25). The van der Waals surface area contributed by atoms with Gasteiger partial charge in [0, 0.05) is 29.9 Å². The highest BCUT2D eigenvalue weighted by molar-refractivity contribution is 6.00. The highest BCUT2D eigenvalue weighted by Gasteiger charge is 2.10. The van der Waals surface area contributed by atoms with Gasteiger partial charge in [-0.25, -0.2) is 9.78 Å². The van der Waals surface area contributed by atoms with Crippen molar-refractivity contribution in [1.29, 1.82) is 0 Å². The first-order valence-corrected chi connectivity index (χ1v) is 8.12. The van der Waals surface area contributed by atoms with Crippen molar-refractivity contribution in [3.05, 3.63) is 54.0 Å². The van der Waals surface area contributed by atoms with E-state index in [2.05, 4.69) is 20.6 Å². The maximum atomic E-state index is 11.7. The molecular formula is C19H20N4O2. The molecule has 6 heteroatoms. The first-order chi connectivity index (χ1) is 12.1. The summed E-state index contributed by atoms with van der Waals surface area (Å²) in [6.45, 7) is 4.35. The number of nitrogens with one attached hydrogen (secondary N) is 2. The zero-order valence-electron chi connectivity index (χ0n) is 14.2. The summed E-state index contributed by atoms with van der Waals surface area (Å²) in [7, 11) is 0. The molecule has 0 aliphatic rings. The molecule has 25 heavy (non-hydrogen) atoms. The van der Waals surface area contributed by atoms with Crippen molar-refractivity contribution in [3.63, 3.8) is 0 Å². The summed E-state index contributed by atoms with van der Waals surface area (Å²) in [5.41, 5.74) is 3.67. The number of urea groups is 1. The largest absolute Gasteiger partial charge is 0.390 e. The van der Waals surface area contributed by atoms with E-state index in [1.54, 1.807) is 18.5 Å². The van der Waals surface area contributed by atoms with Gasteiger partial charge in [-0.2, -0.15) is 0 Å².